The molecule has 0 fully saturated rings. The van der Waals surface area contributed by atoms with Crippen molar-refractivity contribution in [3.05, 3.63) is 78.5 Å². The molecular weight excluding hydrogens is 368 g/mol. The Morgan fingerprint density at radius 1 is 1.03 bits per heavy atom. The zero-order valence-electron chi connectivity index (χ0n) is 16.1. The second kappa shape index (κ2) is 8.06. The Kier molecular flexibility index (Phi) is 5.16. The summed E-state index contributed by atoms with van der Waals surface area (Å²) in [5, 5.41) is 4.90. The van der Waals surface area contributed by atoms with Crippen molar-refractivity contribution in [2.45, 2.75) is 6.54 Å². The lowest BCUT2D eigenvalue weighted by Crippen LogP contribution is -2.22. The van der Waals surface area contributed by atoms with Gasteiger partial charge in [-0.1, -0.05) is 18.2 Å². The fourth-order valence-corrected chi connectivity index (χ4v) is 3.33. The van der Waals surface area contributed by atoms with Crippen molar-refractivity contribution in [2.24, 2.45) is 0 Å². The van der Waals surface area contributed by atoms with Crippen molar-refractivity contribution < 1.29 is 18.7 Å². The SMILES string of the molecule is COc1ccc(-c2ccc(CNC(=O)c3ccco3)c3cnccc23)cc1OC. The molecule has 1 N–H and O–H groups in total. The molecule has 0 aliphatic rings. The van der Waals surface area contributed by atoms with Gasteiger partial charge in [0.2, 0.25) is 0 Å². The van der Waals surface area contributed by atoms with Gasteiger partial charge in [-0.15, -0.1) is 0 Å². The molecule has 0 spiro atoms. The van der Waals surface area contributed by atoms with E-state index in [2.05, 4.69) is 10.3 Å². The number of fused-ring (bicyclic) bond motifs is 1. The summed E-state index contributed by atoms with van der Waals surface area (Å²) < 4.78 is 15.9. The fourth-order valence-electron chi connectivity index (χ4n) is 3.33. The van der Waals surface area contributed by atoms with Gasteiger partial charge in [-0.2, -0.15) is 0 Å². The molecule has 0 saturated heterocycles. The van der Waals surface area contributed by atoms with Crippen molar-refractivity contribution in [1.82, 2.24) is 10.3 Å². The highest BCUT2D eigenvalue weighted by molar-refractivity contribution is 5.98. The number of amides is 1. The van der Waals surface area contributed by atoms with Crippen LogP contribution in [0.3, 0.4) is 0 Å². The summed E-state index contributed by atoms with van der Waals surface area (Å²) in [5.74, 6) is 1.38. The number of nitrogens with one attached hydrogen (secondary N) is 1. The number of aromatic nitrogens is 1. The number of ether oxygens (including phenoxy) is 2. The highest BCUT2D eigenvalue weighted by Crippen LogP contribution is 2.36. The summed E-state index contributed by atoms with van der Waals surface area (Å²) in [4.78, 5) is 16.5. The zero-order chi connectivity index (χ0) is 20.2. The molecule has 2 heterocycles. The number of carbonyl (C=O) groups excluding carboxylic acids is 1. The molecule has 0 unspecified atom stereocenters. The van der Waals surface area contributed by atoms with Crippen LogP contribution in [-0.4, -0.2) is 25.1 Å². The summed E-state index contributed by atoms with van der Waals surface area (Å²) in [6, 6.07) is 15.2. The van der Waals surface area contributed by atoms with Gasteiger partial charge in [0, 0.05) is 24.3 Å². The molecule has 0 aliphatic heterocycles. The van der Waals surface area contributed by atoms with E-state index in [4.69, 9.17) is 13.9 Å². The van der Waals surface area contributed by atoms with E-state index in [9.17, 15) is 4.79 Å². The van der Waals surface area contributed by atoms with Crippen LogP contribution < -0.4 is 14.8 Å². The number of hydrogen-bond acceptors (Lipinski definition) is 5. The summed E-state index contributed by atoms with van der Waals surface area (Å²) >= 11 is 0. The minimum atomic E-state index is -0.254. The van der Waals surface area contributed by atoms with Crippen molar-refractivity contribution in [1.29, 1.82) is 0 Å². The first-order valence-electron chi connectivity index (χ1n) is 9.11. The quantitative estimate of drug-likeness (QED) is 0.529. The van der Waals surface area contributed by atoms with Gasteiger partial charge in [-0.05, 0) is 52.4 Å². The highest BCUT2D eigenvalue weighted by Gasteiger charge is 2.13. The normalized spacial score (nSPS) is 10.7. The minimum absolute atomic E-state index is 0.254. The summed E-state index contributed by atoms with van der Waals surface area (Å²) in [6.45, 7) is 0.369. The average molecular weight is 388 g/mol. The smallest absolute Gasteiger partial charge is 0.287 e. The monoisotopic (exact) mass is 388 g/mol. The molecule has 0 atom stereocenters. The first-order chi connectivity index (χ1) is 14.2. The van der Waals surface area contributed by atoms with Crippen LogP contribution in [-0.2, 0) is 6.54 Å². The predicted octanol–water partition coefficient (Wildman–Crippen LogP) is 4.44. The maximum absolute atomic E-state index is 12.2. The zero-order valence-corrected chi connectivity index (χ0v) is 16.1. The third-order valence-corrected chi connectivity index (χ3v) is 4.79. The lowest BCUT2D eigenvalue weighted by molar-refractivity contribution is 0.0923. The van der Waals surface area contributed by atoms with Crippen molar-refractivity contribution >= 4 is 16.7 Å². The van der Waals surface area contributed by atoms with Crippen molar-refractivity contribution in [3.63, 3.8) is 0 Å². The van der Waals surface area contributed by atoms with Gasteiger partial charge in [0.25, 0.3) is 5.91 Å². The first kappa shape index (κ1) is 18.6. The van der Waals surface area contributed by atoms with Crippen molar-refractivity contribution in [3.8, 4) is 22.6 Å². The number of rotatable bonds is 6. The fraction of sp³-hybridized carbons (Fsp3) is 0.130. The van der Waals surface area contributed by atoms with E-state index in [1.54, 1.807) is 32.5 Å². The Morgan fingerprint density at radius 2 is 1.90 bits per heavy atom. The van der Waals surface area contributed by atoms with Crippen LogP contribution in [0.5, 0.6) is 11.5 Å². The molecular formula is C23H20N2O4. The summed E-state index contributed by atoms with van der Waals surface area (Å²) in [5.41, 5.74) is 3.02. The second-order valence-electron chi connectivity index (χ2n) is 6.42. The van der Waals surface area contributed by atoms with E-state index in [-0.39, 0.29) is 11.7 Å². The Balaban J connectivity index is 1.69. The van der Waals surface area contributed by atoms with Gasteiger partial charge in [0.1, 0.15) is 0 Å². The predicted molar refractivity (Wildman–Crippen MR) is 110 cm³/mol. The van der Waals surface area contributed by atoms with Crippen LogP contribution >= 0.6 is 0 Å². The van der Waals surface area contributed by atoms with Crippen molar-refractivity contribution in [2.75, 3.05) is 14.2 Å². The Hall–Kier alpha value is -3.80. The molecule has 6 heteroatoms. The number of benzene rings is 2. The molecule has 0 bridgehead atoms. The molecule has 29 heavy (non-hydrogen) atoms. The van der Waals surface area contributed by atoms with Gasteiger partial charge in [0.15, 0.2) is 17.3 Å². The Bertz CT molecular complexity index is 1150. The molecule has 2 aromatic heterocycles. The Morgan fingerprint density at radius 3 is 2.66 bits per heavy atom. The molecule has 4 rings (SSSR count). The molecule has 0 radical (unpaired) electrons. The average Bonchev–Trinajstić information content (AvgIpc) is 3.32. The topological polar surface area (TPSA) is 73.6 Å². The van der Waals surface area contributed by atoms with Gasteiger partial charge in [-0.3, -0.25) is 9.78 Å². The number of hydrogen-bond donors (Lipinski definition) is 1. The molecule has 146 valence electrons. The third kappa shape index (κ3) is 3.65. The summed E-state index contributed by atoms with van der Waals surface area (Å²) in [7, 11) is 3.23. The van der Waals surface area contributed by atoms with Gasteiger partial charge in [-0.25, -0.2) is 0 Å². The van der Waals surface area contributed by atoms with Crippen LogP contribution in [0.2, 0.25) is 0 Å². The second-order valence-corrected chi connectivity index (χ2v) is 6.42. The molecule has 4 aromatic rings. The number of pyridine rings is 1. The number of furan rings is 1. The van der Waals surface area contributed by atoms with Gasteiger partial charge < -0.3 is 19.2 Å². The van der Waals surface area contributed by atoms with Gasteiger partial charge >= 0.3 is 0 Å². The minimum Gasteiger partial charge on any atom is -0.493 e. The van der Waals surface area contributed by atoms with Crippen LogP contribution in [0.25, 0.3) is 21.9 Å². The highest BCUT2D eigenvalue weighted by atomic mass is 16.5. The Labute approximate surface area is 168 Å². The number of methoxy groups -OCH3 is 2. The van der Waals surface area contributed by atoms with Crippen LogP contribution in [0, 0.1) is 0 Å². The van der Waals surface area contributed by atoms with E-state index < -0.39 is 0 Å². The summed E-state index contributed by atoms with van der Waals surface area (Å²) in [6.07, 6.45) is 5.05. The van der Waals surface area contributed by atoms with Gasteiger partial charge in [0.05, 0.1) is 20.5 Å². The third-order valence-electron chi connectivity index (χ3n) is 4.79. The number of nitrogens with zero attached hydrogens (tertiary/aromatic N) is 1. The van der Waals surface area contributed by atoms with E-state index in [1.807, 2.05) is 42.6 Å². The standard InChI is InChI=1S/C23H20N2O4/c1-27-20-8-6-15(12-22(20)28-2)17-7-5-16(19-14-24-10-9-18(17)19)13-25-23(26)21-4-3-11-29-21/h3-12,14H,13H2,1-2H3,(H,25,26). The molecule has 6 nitrogen and oxygen atoms in total. The molecule has 0 saturated carbocycles. The number of carbonyl (C=O) groups is 1. The van der Waals surface area contributed by atoms with E-state index in [0.29, 0.717) is 18.0 Å². The van der Waals surface area contributed by atoms with E-state index in [1.165, 1.54) is 6.26 Å². The molecule has 2 aromatic carbocycles. The molecule has 1 amide bonds. The first-order valence-corrected chi connectivity index (χ1v) is 9.11. The van der Waals surface area contributed by atoms with Crippen LogP contribution in [0.1, 0.15) is 16.1 Å². The maximum atomic E-state index is 12.2. The molecule has 0 aliphatic carbocycles. The van der Waals surface area contributed by atoms with E-state index >= 15 is 0 Å². The largest absolute Gasteiger partial charge is 0.493 e. The lowest BCUT2D eigenvalue weighted by atomic mass is 9.96. The van der Waals surface area contributed by atoms with Crippen LogP contribution in [0.4, 0.5) is 0 Å². The van der Waals surface area contributed by atoms with Crippen LogP contribution in [0.15, 0.2) is 71.6 Å². The lowest BCUT2D eigenvalue weighted by Gasteiger charge is -2.14. The maximum Gasteiger partial charge on any atom is 0.287 e. The van der Waals surface area contributed by atoms with E-state index in [0.717, 1.165) is 27.5 Å².